The van der Waals surface area contributed by atoms with Crippen LogP contribution in [-0.2, 0) is 0 Å². The number of hydrogen-bond donors (Lipinski definition) is 2. The van der Waals surface area contributed by atoms with Gasteiger partial charge < -0.3 is 20.9 Å². The zero-order chi connectivity index (χ0) is 10.9. The molecule has 0 spiro atoms. The first-order valence-electron chi connectivity index (χ1n) is 6.14. The Labute approximate surface area is 93.8 Å². The maximum Gasteiger partial charge on any atom is 0.0110 e. The lowest BCUT2D eigenvalue weighted by molar-refractivity contribution is 0.214. The van der Waals surface area contributed by atoms with Crippen LogP contribution < -0.4 is 11.1 Å². The van der Waals surface area contributed by atoms with Gasteiger partial charge in [-0.05, 0) is 46.1 Å². The van der Waals surface area contributed by atoms with E-state index in [1.807, 2.05) is 0 Å². The van der Waals surface area contributed by atoms with Crippen LogP contribution in [0.4, 0.5) is 0 Å². The molecule has 1 fully saturated rings. The predicted molar refractivity (Wildman–Crippen MR) is 65.1 cm³/mol. The first kappa shape index (κ1) is 12.9. The molecule has 1 saturated heterocycles. The highest BCUT2D eigenvalue weighted by molar-refractivity contribution is 4.66. The van der Waals surface area contributed by atoms with Gasteiger partial charge in [-0.2, -0.15) is 0 Å². The van der Waals surface area contributed by atoms with Crippen molar-refractivity contribution in [1.29, 1.82) is 0 Å². The fraction of sp³-hybridized carbons (Fsp3) is 1.00. The largest absolute Gasteiger partial charge is 0.330 e. The molecule has 1 aliphatic heterocycles. The Kier molecular flexibility index (Phi) is 6.92. The lowest BCUT2D eigenvalue weighted by Crippen LogP contribution is -2.41. The van der Waals surface area contributed by atoms with Crippen LogP contribution in [0.2, 0.25) is 0 Å². The summed E-state index contributed by atoms with van der Waals surface area (Å²) in [5, 5.41) is 3.48. The number of nitrogens with one attached hydrogen (secondary N) is 1. The predicted octanol–water partition coefficient (Wildman–Crippen LogP) is -0.438. The van der Waals surface area contributed by atoms with Gasteiger partial charge in [0.2, 0.25) is 0 Å². The molecule has 0 radical (unpaired) electrons. The number of likely N-dealkylation sites (N-methyl/N-ethyl adjacent to an activating group) is 1. The molecule has 0 aliphatic carbocycles. The number of hydrogen-bond acceptors (Lipinski definition) is 4. The molecular formula is C11H26N4. The van der Waals surface area contributed by atoms with Crippen LogP contribution in [0.5, 0.6) is 0 Å². The van der Waals surface area contributed by atoms with Crippen LogP contribution in [0, 0.1) is 0 Å². The van der Waals surface area contributed by atoms with E-state index in [0.717, 1.165) is 39.1 Å². The van der Waals surface area contributed by atoms with E-state index in [-0.39, 0.29) is 0 Å². The molecule has 1 rings (SSSR count). The van der Waals surface area contributed by atoms with E-state index in [4.69, 9.17) is 5.73 Å². The van der Waals surface area contributed by atoms with E-state index in [1.165, 1.54) is 26.1 Å². The Morgan fingerprint density at radius 3 is 2.80 bits per heavy atom. The zero-order valence-electron chi connectivity index (χ0n) is 10.0. The summed E-state index contributed by atoms with van der Waals surface area (Å²) >= 11 is 0. The molecule has 4 heteroatoms. The standard InChI is InChI=1S/C11H26N4/c1-14-7-3-5-13-6-9-15(11-10-14)8-2-4-12/h13H,2-12H2,1H3. The summed E-state index contributed by atoms with van der Waals surface area (Å²) in [6.45, 7) is 8.95. The molecule has 0 atom stereocenters. The molecule has 3 N–H and O–H groups in total. The highest BCUT2D eigenvalue weighted by atomic mass is 15.2. The van der Waals surface area contributed by atoms with Gasteiger partial charge in [0.05, 0.1) is 0 Å². The van der Waals surface area contributed by atoms with Gasteiger partial charge in [0.25, 0.3) is 0 Å². The van der Waals surface area contributed by atoms with E-state index < -0.39 is 0 Å². The third-order valence-corrected chi connectivity index (χ3v) is 2.97. The van der Waals surface area contributed by atoms with E-state index >= 15 is 0 Å². The maximum absolute atomic E-state index is 5.55. The SMILES string of the molecule is CN1CCCNCCN(CCCN)CC1. The summed E-state index contributed by atoms with van der Waals surface area (Å²) in [6.07, 6.45) is 2.38. The Bertz CT molecular complexity index is 152. The second-order valence-corrected chi connectivity index (χ2v) is 4.39. The summed E-state index contributed by atoms with van der Waals surface area (Å²) in [6, 6.07) is 0. The summed E-state index contributed by atoms with van der Waals surface area (Å²) in [5.41, 5.74) is 5.55. The van der Waals surface area contributed by atoms with Crippen LogP contribution in [0.1, 0.15) is 12.8 Å². The zero-order valence-corrected chi connectivity index (χ0v) is 10.0. The van der Waals surface area contributed by atoms with Crippen LogP contribution in [-0.4, -0.2) is 69.2 Å². The van der Waals surface area contributed by atoms with Crippen molar-refractivity contribution in [2.45, 2.75) is 12.8 Å². The van der Waals surface area contributed by atoms with Crippen molar-refractivity contribution in [2.24, 2.45) is 5.73 Å². The second-order valence-electron chi connectivity index (χ2n) is 4.39. The van der Waals surface area contributed by atoms with Gasteiger partial charge in [-0.25, -0.2) is 0 Å². The van der Waals surface area contributed by atoms with Crippen molar-refractivity contribution in [1.82, 2.24) is 15.1 Å². The third kappa shape index (κ3) is 6.10. The quantitative estimate of drug-likeness (QED) is 0.669. The molecule has 4 nitrogen and oxygen atoms in total. The molecule has 0 aromatic rings. The van der Waals surface area contributed by atoms with Crippen molar-refractivity contribution < 1.29 is 0 Å². The van der Waals surface area contributed by atoms with Gasteiger partial charge in [-0.3, -0.25) is 0 Å². The smallest absolute Gasteiger partial charge is 0.0110 e. The van der Waals surface area contributed by atoms with Crippen molar-refractivity contribution in [3.8, 4) is 0 Å². The van der Waals surface area contributed by atoms with E-state index in [2.05, 4.69) is 22.2 Å². The van der Waals surface area contributed by atoms with Crippen molar-refractivity contribution >= 4 is 0 Å². The molecule has 0 saturated carbocycles. The van der Waals surface area contributed by atoms with E-state index in [9.17, 15) is 0 Å². The summed E-state index contributed by atoms with van der Waals surface area (Å²) in [4.78, 5) is 4.93. The van der Waals surface area contributed by atoms with Crippen LogP contribution in [0.15, 0.2) is 0 Å². The minimum Gasteiger partial charge on any atom is -0.330 e. The lowest BCUT2D eigenvalue weighted by atomic mass is 10.3. The molecule has 1 aliphatic rings. The lowest BCUT2D eigenvalue weighted by Gasteiger charge is -2.27. The molecule has 15 heavy (non-hydrogen) atoms. The van der Waals surface area contributed by atoms with Crippen LogP contribution in [0.25, 0.3) is 0 Å². The molecule has 0 aromatic carbocycles. The molecule has 90 valence electrons. The average Bonchev–Trinajstić information content (AvgIpc) is 2.26. The molecular weight excluding hydrogens is 188 g/mol. The van der Waals surface area contributed by atoms with Gasteiger partial charge in [-0.1, -0.05) is 0 Å². The van der Waals surface area contributed by atoms with E-state index in [0.29, 0.717) is 0 Å². The first-order chi connectivity index (χ1) is 7.33. The minimum atomic E-state index is 0.805. The van der Waals surface area contributed by atoms with Gasteiger partial charge >= 0.3 is 0 Å². The summed E-state index contributed by atoms with van der Waals surface area (Å²) < 4.78 is 0. The molecule has 0 unspecified atom stereocenters. The van der Waals surface area contributed by atoms with Crippen molar-refractivity contribution in [2.75, 3.05) is 59.4 Å². The topological polar surface area (TPSA) is 44.5 Å². The fourth-order valence-corrected chi connectivity index (χ4v) is 1.91. The molecule has 0 aromatic heterocycles. The Hall–Kier alpha value is -0.160. The number of nitrogens with zero attached hydrogens (tertiary/aromatic N) is 2. The van der Waals surface area contributed by atoms with Gasteiger partial charge in [0, 0.05) is 26.2 Å². The van der Waals surface area contributed by atoms with Gasteiger partial charge in [-0.15, -0.1) is 0 Å². The summed E-state index contributed by atoms with van der Waals surface area (Å²) in [5.74, 6) is 0. The van der Waals surface area contributed by atoms with Crippen LogP contribution >= 0.6 is 0 Å². The Morgan fingerprint density at radius 2 is 2.00 bits per heavy atom. The molecule has 0 bridgehead atoms. The maximum atomic E-state index is 5.55. The minimum absolute atomic E-state index is 0.805. The van der Waals surface area contributed by atoms with Crippen LogP contribution in [0.3, 0.4) is 0 Å². The average molecular weight is 214 g/mol. The second kappa shape index (κ2) is 8.05. The number of rotatable bonds is 3. The normalized spacial score (nSPS) is 22.8. The molecule has 1 heterocycles. The molecule has 0 amide bonds. The Balaban J connectivity index is 2.26. The monoisotopic (exact) mass is 214 g/mol. The Morgan fingerprint density at radius 1 is 1.13 bits per heavy atom. The third-order valence-electron chi connectivity index (χ3n) is 2.97. The fourth-order valence-electron chi connectivity index (χ4n) is 1.91. The van der Waals surface area contributed by atoms with Gasteiger partial charge in [0.15, 0.2) is 0 Å². The van der Waals surface area contributed by atoms with Gasteiger partial charge in [0.1, 0.15) is 0 Å². The van der Waals surface area contributed by atoms with E-state index in [1.54, 1.807) is 0 Å². The first-order valence-corrected chi connectivity index (χ1v) is 6.14. The highest BCUT2D eigenvalue weighted by Crippen LogP contribution is 1.95. The highest BCUT2D eigenvalue weighted by Gasteiger charge is 2.07. The number of nitrogens with two attached hydrogens (primary N) is 1. The van der Waals surface area contributed by atoms with Crippen molar-refractivity contribution in [3.63, 3.8) is 0 Å². The summed E-state index contributed by atoms with van der Waals surface area (Å²) in [7, 11) is 2.21. The van der Waals surface area contributed by atoms with Crippen molar-refractivity contribution in [3.05, 3.63) is 0 Å².